The Kier molecular flexibility index (Phi) is 10.6. The van der Waals surface area contributed by atoms with Crippen LogP contribution in [0, 0.1) is 5.92 Å². The fourth-order valence-electron chi connectivity index (χ4n) is 3.93. The Hall–Kier alpha value is -2.02. The van der Waals surface area contributed by atoms with Gasteiger partial charge in [-0.3, -0.25) is 4.90 Å². The van der Waals surface area contributed by atoms with Crippen molar-refractivity contribution in [3.05, 3.63) is 70.2 Å². The van der Waals surface area contributed by atoms with Gasteiger partial charge in [-0.1, -0.05) is 67.3 Å². The molecule has 0 spiro atoms. The van der Waals surface area contributed by atoms with E-state index in [2.05, 4.69) is 41.3 Å². The number of hydrogen-bond acceptors (Lipinski definition) is 3. The predicted octanol–water partition coefficient (Wildman–Crippen LogP) is 6.11. The Morgan fingerprint density at radius 3 is 2.12 bits per heavy atom. The van der Waals surface area contributed by atoms with Crippen molar-refractivity contribution in [1.29, 1.82) is 0 Å². The summed E-state index contributed by atoms with van der Waals surface area (Å²) in [5.41, 5.74) is 9.66. The average Bonchev–Trinajstić information content (AvgIpc) is 2.74. The highest BCUT2D eigenvalue weighted by Crippen LogP contribution is 2.26. The van der Waals surface area contributed by atoms with Gasteiger partial charge in [-0.15, -0.1) is 0 Å². The van der Waals surface area contributed by atoms with Gasteiger partial charge in [0.05, 0.1) is 0 Å². The van der Waals surface area contributed by atoms with E-state index in [0.29, 0.717) is 13.5 Å². The molecule has 0 bridgehead atoms. The zero-order chi connectivity index (χ0) is 23.6. The van der Waals surface area contributed by atoms with Gasteiger partial charge < -0.3 is 10.8 Å². The maximum Gasteiger partial charge on any atom is 0.374 e. The van der Waals surface area contributed by atoms with Crippen LogP contribution in [0.1, 0.15) is 55.7 Å². The van der Waals surface area contributed by atoms with Crippen molar-refractivity contribution >= 4 is 17.6 Å². The van der Waals surface area contributed by atoms with E-state index >= 15 is 0 Å². The molecule has 176 valence electrons. The Balaban J connectivity index is 0.000000451. The maximum atomic E-state index is 11.2. The highest BCUT2D eigenvalue weighted by Gasteiger charge is 2.31. The highest BCUT2D eigenvalue weighted by atomic mass is 35.5. The molecule has 0 heterocycles. The van der Waals surface area contributed by atoms with Gasteiger partial charge in [-0.25, -0.2) is 4.79 Å². The number of nitrogens with zero attached hydrogens (tertiary/aromatic N) is 1. The largest absolute Gasteiger partial charge is 0.477 e. The molecule has 2 aromatic rings. The van der Waals surface area contributed by atoms with Crippen molar-refractivity contribution in [3.8, 4) is 0 Å². The van der Waals surface area contributed by atoms with E-state index in [1.54, 1.807) is 0 Å². The first-order valence-electron chi connectivity index (χ1n) is 11.0. The Morgan fingerprint density at radius 2 is 1.59 bits per heavy atom. The summed E-state index contributed by atoms with van der Waals surface area (Å²) in [6.07, 6.45) is 6.92. The molecular weight excluding hydrogens is 434 g/mol. The summed E-state index contributed by atoms with van der Waals surface area (Å²) in [5.74, 6) is -4.85. The Bertz CT molecular complexity index is 852. The lowest BCUT2D eigenvalue weighted by molar-refractivity contribution is -0.161. The zero-order valence-corrected chi connectivity index (χ0v) is 19.3. The summed E-state index contributed by atoms with van der Waals surface area (Å²) in [6.45, 7) is 4.01. The molecule has 0 unspecified atom stereocenters. The smallest absolute Gasteiger partial charge is 0.374 e. The molecular formula is C25H33ClF2N2O2. The third kappa shape index (κ3) is 9.63. The standard InChI is InChI=1S/C22H29ClN2.C3H4F2O2/c23-22-11-5-10-21(13-22)17-25(15-18-6-2-1-3-7-18)16-20-9-4-8-19(12-20)14-24;1-3(4,5)2(6)7/h4-5,8-13,18H,1-3,6-7,14-17,24H2;1H3,(H,6,7). The second-order valence-corrected chi connectivity index (χ2v) is 8.96. The fraction of sp³-hybridized carbons (Fsp3) is 0.480. The Morgan fingerprint density at radius 1 is 1.06 bits per heavy atom. The first-order valence-corrected chi connectivity index (χ1v) is 11.4. The van der Waals surface area contributed by atoms with Crippen LogP contribution in [0.25, 0.3) is 0 Å². The molecule has 0 aliphatic heterocycles. The molecule has 3 N–H and O–H groups in total. The van der Waals surface area contributed by atoms with Gasteiger partial charge in [0.1, 0.15) is 0 Å². The van der Waals surface area contributed by atoms with Crippen molar-refractivity contribution < 1.29 is 18.7 Å². The highest BCUT2D eigenvalue weighted by molar-refractivity contribution is 6.30. The van der Waals surface area contributed by atoms with Gasteiger partial charge in [0.2, 0.25) is 0 Å². The van der Waals surface area contributed by atoms with E-state index in [1.165, 1.54) is 55.3 Å². The van der Waals surface area contributed by atoms with Crippen LogP contribution in [0.4, 0.5) is 8.78 Å². The minimum absolute atomic E-state index is 0.329. The molecule has 4 nitrogen and oxygen atoms in total. The summed E-state index contributed by atoms with van der Waals surface area (Å²) in [5, 5.41) is 8.32. The monoisotopic (exact) mass is 466 g/mol. The second-order valence-electron chi connectivity index (χ2n) is 8.52. The second kappa shape index (κ2) is 12.9. The molecule has 1 saturated carbocycles. The maximum absolute atomic E-state index is 11.2. The van der Waals surface area contributed by atoms with Crippen LogP contribution >= 0.6 is 11.6 Å². The molecule has 2 aromatic carbocycles. The number of alkyl halides is 2. The molecule has 0 atom stereocenters. The van der Waals surface area contributed by atoms with E-state index in [9.17, 15) is 13.6 Å². The summed E-state index contributed by atoms with van der Waals surface area (Å²) in [6, 6.07) is 16.9. The molecule has 0 saturated heterocycles. The SMILES string of the molecule is CC(F)(F)C(=O)O.NCc1cccc(CN(Cc2cccc(Cl)c2)CC2CCCCC2)c1. The summed E-state index contributed by atoms with van der Waals surface area (Å²) >= 11 is 6.19. The molecule has 3 rings (SSSR count). The summed E-state index contributed by atoms with van der Waals surface area (Å²) < 4.78 is 22.5. The van der Waals surface area contributed by atoms with Gasteiger partial charge in [-0.2, -0.15) is 8.78 Å². The number of aliphatic carboxylic acids is 1. The number of carboxylic acids is 1. The lowest BCUT2D eigenvalue weighted by Gasteiger charge is -2.30. The van der Waals surface area contributed by atoms with Crippen LogP contribution < -0.4 is 5.73 Å². The summed E-state index contributed by atoms with van der Waals surface area (Å²) in [4.78, 5) is 11.9. The summed E-state index contributed by atoms with van der Waals surface area (Å²) in [7, 11) is 0. The topological polar surface area (TPSA) is 66.6 Å². The van der Waals surface area contributed by atoms with Crippen LogP contribution in [-0.2, 0) is 24.4 Å². The first kappa shape index (κ1) is 26.2. The van der Waals surface area contributed by atoms with Crippen LogP contribution in [0.5, 0.6) is 0 Å². The normalized spacial score (nSPS) is 14.7. The molecule has 1 fully saturated rings. The predicted molar refractivity (Wildman–Crippen MR) is 125 cm³/mol. The lowest BCUT2D eigenvalue weighted by Crippen LogP contribution is -2.30. The lowest BCUT2D eigenvalue weighted by atomic mass is 9.88. The first-order chi connectivity index (χ1) is 15.2. The van der Waals surface area contributed by atoms with Gasteiger partial charge in [-0.05, 0) is 47.6 Å². The van der Waals surface area contributed by atoms with Gasteiger partial charge >= 0.3 is 11.9 Å². The number of nitrogens with two attached hydrogens (primary N) is 1. The van der Waals surface area contributed by atoms with Crippen molar-refractivity contribution in [2.45, 2.75) is 64.6 Å². The van der Waals surface area contributed by atoms with Crippen LogP contribution in [0.15, 0.2) is 48.5 Å². The molecule has 0 amide bonds. The van der Waals surface area contributed by atoms with Gasteiger partial charge in [0.15, 0.2) is 0 Å². The van der Waals surface area contributed by atoms with Gasteiger partial charge in [0.25, 0.3) is 0 Å². The number of carbonyl (C=O) groups is 1. The molecule has 32 heavy (non-hydrogen) atoms. The van der Waals surface area contributed by atoms with E-state index in [0.717, 1.165) is 24.0 Å². The van der Waals surface area contributed by atoms with Crippen molar-refractivity contribution in [3.63, 3.8) is 0 Å². The quantitative estimate of drug-likeness (QED) is 0.492. The average molecular weight is 467 g/mol. The number of benzene rings is 2. The number of hydrogen-bond donors (Lipinski definition) is 2. The van der Waals surface area contributed by atoms with E-state index in [-0.39, 0.29) is 0 Å². The van der Waals surface area contributed by atoms with Crippen molar-refractivity contribution in [2.24, 2.45) is 11.7 Å². The van der Waals surface area contributed by atoms with Crippen molar-refractivity contribution in [2.75, 3.05) is 6.54 Å². The van der Waals surface area contributed by atoms with Gasteiger partial charge in [0, 0.05) is 38.1 Å². The number of halogens is 3. The zero-order valence-electron chi connectivity index (χ0n) is 18.6. The Labute approximate surface area is 194 Å². The molecule has 1 aliphatic rings. The van der Waals surface area contributed by atoms with E-state index in [4.69, 9.17) is 22.4 Å². The molecule has 1 aliphatic carbocycles. The van der Waals surface area contributed by atoms with E-state index < -0.39 is 11.9 Å². The minimum Gasteiger partial charge on any atom is -0.477 e. The third-order valence-corrected chi connectivity index (χ3v) is 5.78. The number of carboxylic acid groups (broad SMARTS) is 1. The fourth-order valence-corrected chi connectivity index (χ4v) is 4.14. The van der Waals surface area contributed by atoms with Crippen molar-refractivity contribution in [1.82, 2.24) is 4.90 Å². The minimum atomic E-state index is -3.58. The number of rotatable bonds is 8. The van der Waals surface area contributed by atoms with Crippen LogP contribution in [0.3, 0.4) is 0 Å². The van der Waals surface area contributed by atoms with E-state index in [1.807, 2.05) is 12.1 Å². The molecule has 7 heteroatoms. The van der Waals surface area contributed by atoms with Crippen LogP contribution in [0.2, 0.25) is 5.02 Å². The molecule has 0 radical (unpaired) electrons. The third-order valence-electron chi connectivity index (χ3n) is 5.55. The van der Waals surface area contributed by atoms with Crippen LogP contribution in [-0.4, -0.2) is 28.4 Å². The molecule has 0 aromatic heterocycles.